The number of hydrogen-bond acceptors (Lipinski definition) is 4. The summed E-state index contributed by atoms with van der Waals surface area (Å²) < 4.78 is 0. The summed E-state index contributed by atoms with van der Waals surface area (Å²) in [5.74, 6) is 0.536. The molecule has 0 aliphatic rings. The molecule has 23 heavy (non-hydrogen) atoms. The second-order valence-electron chi connectivity index (χ2n) is 6.40. The van der Waals surface area contributed by atoms with Gasteiger partial charge in [0.1, 0.15) is 0 Å². The fourth-order valence-electron chi connectivity index (χ4n) is 2.18. The molecule has 1 aromatic carbocycles. The first-order chi connectivity index (χ1) is 10.7. The quantitative estimate of drug-likeness (QED) is 0.835. The number of carbonyl (C=O) groups excluding carboxylic acids is 1. The average Bonchev–Trinajstić information content (AvgIpc) is 2.45. The van der Waals surface area contributed by atoms with Crippen molar-refractivity contribution in [3.05, 3.63) is 41.2 Å². The lowest BCUT2D eigenvalue weighted by Crippen LogP contribution is -2.42. The van der Waals surface area contributed by atoms with E-state index in [0.717, 1.165) is 23.4 Å². The molecule has 0 aliphatic carbocycles. The second-order valence-corrected chi connectivity index (χ2v) is 6.88. The zero-order valence-corrected chi connectivity index (χ0v) is 15.2. The van der Waals surface area contributed by atoms with Crippen LogP contribution >= 0.6 is 12.6 Å². The van der Waals surface area contributed by atoms with Gasteiger partial charge in [-0.2, -0.15) is 0 Å². The van der Waals surface area contributed by atoms with Crippen LogP contribution < -0.4 is 5.32 Å². The third-order valence-electron chi connectivity index (χ3n) is 3.82. The highest BCUT2D eigenvalue weighted by molar-refractivity contribution is 7.80. The Morgan fingerprint density at radius 2 is 1.78 bits per heavy atom. The van der Waals surface area contributed by atoms with Crippen molar-refractivity contribution in [2.45, 2.75) is 51.5 Å². The zero-order chi connectivity index (χ0) is 17.2. The van der Waals surface area contributed by atoms with Crippen molar-refractivity contribution in [2.75, 3.05) is 0 Å². The Bertz CT molecular complexity index is 721. The van der Waals surface area contributed by atoms with Gasteiger partial charge in [0.05, 0.1) is 5.56 Å². The Balaban J connectivity index is 2.32. The van der Waals surface area contributed by atoms with E-state index in [1.54, 1.807) is 6.07 Å². The van der Waals surface area contributed by atoms with E-state index >= 15 is 0 Å². The van der Waals surface area contributed by atoms with Crippen LogP contribution in [-0.2, 0) is 0 Å². The van der Waals surface area contributed by atoms with E-state index < -0.39 is 0 Å². The van der Waals surface area contributed by atoms with Crippen molar-refractivity contribution < 1.29 is 4.79 Å². The molecular weight excluding hydrogens is 306 g/mol. The Morgan fingerprint density at radius 1 is 1.17 bits per heavy atom. The molecule has 2 aromatic rings. The van der Waals surface area contributed by atoms with Crippen LogP contribution in [0.4, 0.5) is 0 Å². The number of hydrogen-bond donors (Lipinski definition) is 2. The second kappa shape index (κ2) is 6.71. The van der Waals surface area contributed by atoms with Gasteiger partial charge >= 0.3 is 0 Å². The van der Waals surface area contributed by atoms with Gasteiger partial charge in [0, 0.05) is 27.4 Å². The van der Waals surface area contributed by atoms with Crippen LogP contribution in [0, 0.1) is 13.8 Å². The molecule has 0 bridgehead atoms. The summed E-state index contributed by atoms with van der Waals surface area (Å²) in [6.45, 7) is 9.92. The van der Waals surface area contributed by atoms with Crippen molar-refractivity contribution in [1.29, 1.82) is 0 Å². The summed E-state index contributed by atoms with van der Waals surface area (Å²) in [5, 5.41) is 3.02. The van der Waals surface area contributed by atoms with Crippen LogP contribution in [0.1, 0.15) is 48.9 Å². The van der Waals surface area contributed by atoms with E-state index in [9.17, 15) is 4.79 Å². The molecule has 1 aromatic heterocycles. The maximum Gasteiger partial charge on any atom is 0.252 e. The highest BCUT2D eigenvalue weighted by atomic mass is 32.1. The number of carbonyl (C=O) groups is 1. The molecular formula is C18H23N3OS. The van der Waals surface area contributed by atoms with Crippen molar-refractivity contribution >= 4 is 18.5 Å². The van der Waals surface area contributed by atoms with Crippen LogP contribution in [0.2, 0.25) is 0 Å². The molecule has 0 spiro atoms. The molecule has 0 aliphatic heterocycles. The van der Waals surface area contributed by atoms with Gasteiger partial charge in [-0.3, -0.25) is 4.79 Å². The lowest BCUT2D eigenvalue weighted by molar-refractivity contribution is 0.0908. The van der Waals surface area contributed by atoms with E-state index in [-0.39, 0.29) is 11.4 Å². The minimum Gasteiger partial charge on any atom is -0.347 e. The zero-order valence-electron chi connectivity index (χ0n) is 14.3. The standard InChI is InChI=1S/C18H23N3OS/c1-6-18(4,5)21-17(22)14-8-7-13(10-15(14)23)16-19-11(2)9-12(3)20-16/h7-10,23H,6H2,1-5H3,(H,21,22). The maximum atomic E-state index is 12.4. The molecule has 0 radical (unpaired) electrons. The Kier molecular flexibility index (Phi) is 5.09. The number of rotatable bonds is 4. The molecule has 1 heterocycles. The summed E-state index contributed by atoms with van der Waals surface area (Å²) in [6, 6.07) is 7.41. The van der Waals surface area contributed by atoms with Gasteiger partial charge in [0.25, 0.3) is 5.91 Å². The monoisotopic (exact) mass is 329 g/mol. The lowest BCUT2D eigenvalue weighted by Gasteiger charge is -2.24. The van der Waals surface area contributed by atoms with Crippen molar-refractivity contribution in [3.8, 4) is 11.4 Å². The number of thiol groups is 1. The van der Waals surface area contributed by atoms with Gasteiger partial charge in [-0.15, -0.1) is 12.6 Å². The molecule has 0 fully saturated rings. The number of nitrogens with zero attached hydrogens (tertiary/aromatic N) is 2. The molecule has 5 heteroatoms. The lowest BCUT2D eigenvalue weighted by atomic mass is 10.0. The van der Waals surface area contributed by atoms with Gasteiger partial charge in [-0.25, -0.2) is 9.97 Å². The fourth-order valence-corrected chi connectivity index (χ4v) is 2.50. The van der Waals surface area contributed by atoms with Crippen molar-refractivity contribution in [1.82, 2.24) is 15.3 Å². The molecule has 0 saturated heterocycles. The number of benzene rings is 1. The number of amides is 1. The largest absolute Gasteiger partial charge is 0.347 e. The Labute approximate surface area is 143 Å². The van der Waals surface area contributed by atoms with Gasteiger partial charge in [0.2, 0.25) is 0 Å². The minimum absolute atomic E-state index is 0.116. The minimum atomic E-state index is -0.243. The molecule has 1 amide bonds. The third-order valence-corrected chi connectivity index (χ3v) is 4.19. The molecule has 1 N–H and O–H groups in total. The smallest absolute Gasteiger partial charge is 0.252 e. The predicted octanol–water partition coefficient (Wildman–Crippen LogP) is 3.97. The van der Waals surface area contributed by atoms with Crippen LogP contribution in [0.25, 0.3) is 11.4 Å². The molecule has 122 valence electrons. The Hall–Kier alpha value is -1.88. The topological polar surface area (TPSA) is 54.9 Å². The van der Waals surface area contributed by atoms with E-state index in [4.69, 9.17) is 0 Å². The van der Waals surface area contributed by atoms with Crippen molar-refractivity contribution in [3.63, 3.8) is 0 Å². The third kappa shape index (κ3) is 4.32. The molecule has 2 rings (SSSR count). The number of nitrogens with one attached hydrogen (secondary N) is 1. The summed E-state index contributed by atoms with van der Waals surface area (Å²) in [5.41, 5.74) is 3.00. The fraction of sp³-hybridized carbons (Fsp3) is 0.389. The van der Waals surface area contributed by atoms with Gasteiger partial charge < -0.3 is 5.32 Å². The summed E-state index contributed by atoms with van der Waals surface area (Å²) in [4.78, 5) is 21.9. The molecule has 0 atom stereocenters. The van der Waals surface area contributed by atoms with Crippen LogP contribution in [0.3, 0.4) is 0 Å². The molecule has 0 saturated carbocycles. The molecule has 0 unspecified atom stereocenters. The van der Waals surface area contributed by atoms with Gasteiger partial charge in [0.15, 0.2) is 5.82 Å². The first kappa shape index (κ1) is 17.5. The normalized spacial score (nSPS) is 11.4. The summed E-state index contributed by atoms with van der Waals surface area (Å²) in [6.07, 6.45) is 0.856. The first-order valence-electron chi connectivity index (χ1n) is 7.70. The molecule has 4 nitrogen and oxygen atoms in total. The van der Waals surface area contributed by atoms with Gasteiger partial charge in [-0.1, -0.05) is 13.0 Å². The highest BCUT2D eigenvalue weighted by Crippen LogP contribution is 2.23. The highest BCUT2D eigenvalue weighted by Gasteiger charge is 2.20. The maximum absolute atomic E-state index is 12.4. The Morgan fingerprint density at radius 3 is 2.30 bits per heavy atom. The van der Waals surface area contributed by atoms with E-state index in [0.29, 0.717) is 16.3 Å². The summed E-state index contributed by atoms with van der Waals surface area (Å²) in [7, 11) is 0. The van der Waals surface area contributed by atoms with E-state index in [1.807, 2.05) is 52.8 Å². The van der Waals surface area contributed by atoms with Gasteiger partial charge in [-0.05, 0) is 52.3 Å². The number of aromatic nitrogens is 2. The van der Waals surface area contributed by atoms with E-state index in [2.05, 4.69) is 27.9 Å². The van der Waals surface area contributed by atoms with Crippen LogP contribution in [0.15, 0.2) is 29.2 Å². The number of aryl methyl sites for hydroxylation is 2. The SMILES string of the molecule is CCC(C)(C)NC(=O)c1ccc(-c2nc(C)cc(C)n2)cc1S. The van der Waals surface area contributed by atoms with Crippen LogP contribution in [-0.4, -0.2) is 21.4 Å². The summed E-state index contributed by atoms with van der Waals surface area (Å²) >= 11 is 4.47. The predicted molar refractivity (Wildman–Crippen MR) is 96.0 cm³/mol. The van der Waals surface area contributed by atoms with Crippen molar-refractivity contribution in [2.24, 2.45) is 0 Å². The first-order valence-corrected chi connectivity index (χ1v) is 8.15. The average molecular weight is 329 g/mol. The van der Waals surface area contributed by atoms with E-state index in [1.165, 1.54) is 0 Å². The van der Waals surface area contributed by atoms with Crippen LogP contribution in [0.5, 0.6) is 0 Å².